The quantitative estimate of drug-likeness (QED) is 0.173. The Labute approximate surface area is 317 Å². The molecule has 0 nitrogen and oxygen atoms in total. The Kier molecular flexibility index (Phi) is 6.61. The summed E-state index contributed by atoms with van der Waals surface area (Å²) in [6, 6.07) is 59.9. The van der Waals surface area contributed by atoms with Gasteiger partial charge in [0.25, 0.3) is 0 Å². The van der Waals surface area contributed by atoms with Gasteiger partial charge in [0, 0.05) is 0 Å². The highest BCUT2D eigenvalue weighted by Gasteiger charge is 2.36. The van der Waals surface area contributed by atoms with E-state index in [9.17, 15) is 0 Å². The van der Waals surface area contributed by atoms with Gasteiger partial charge in [-0.15, -0.1) is 0 Å². The minimum Gasteiger partial charge on any atom is -0.0616 e. The fourth-order valence-electron chi connectivity index (χ4n) is 9.46. The normalized spacial score (nSPS) is 12.1. The molecule has 11 rings (SSSR count). The van der Waals surface area contributed by atoms with E-state index in [2.05, 4.69) is 185 Å². The lowest BCUT2D eigenvalue weighted by atomic mass is 9.82. The van der Waals surface area contributed by atoms with Crippen molar-refractivity contribution < 1.29 is 0 Å². The van der Waals surface area contributed by atoms with Gasteiger partial charge in [0.05, 0.1) is 0 Å². The summed E-state index contributed by atoms with van der Waals surface area (Å²) >= 11 is 0. The summed E-state index contributed by atoms with van der Waals surface area (Å²) < 4.78 is 0. The predicted molar refractivity (Wildman–Crippen MR) is 231 cm³/mol. The molecule has 0 saturated carbocycles. The summed E-state index contributed by atoms with van der Waals surface area (Å²) in [5.74, 6) is 0. The van der Waals surface area contributed by atoms with Gasteiger partial charge in [-0.25, -0.2) is 0 Å². The summed E-state index contributed by atoms with van der Waals surface area (Å²) in [4.78, 5) is 0. The van der Waals surface area contributed by atoms with Gasteiger partial charge in [0.1, 0.15) is 0 Å². The van der Waals surface area contributed by atoms with Crippen LogP contribution in [-0.4, -0.2) is 0 Å². The molecule has 54 heavy (non-hydrogen) atoms. The van der Waals surface area contributed by atoms with Gasteiger partial charge in [-0.3, -0.25) is 0 Å². The van der Waals surface area contributed by atoms with Gasteiger partial charge in [-0.2, -0.15) is 0 Å². The zero-order valence-corrected chi connectivity index (χ0v) is 31.0. The lowest BCUT2D eigenvalue weighted by Gasteiger charge is -2.21. The van der Waals surface area contributed by atoms with E-state index < -0.39 is 0 Å². The average molecular weight is 687 g/mol. The molecule has 0 aromatic heterocycles. The van der Waals surface area contributed by atoms with Crippen LogP contribution in [0.3, 0.4) is 0 Å². The molecule has 9 aromatic carbocycles. The lowest BCUT2D eigenvalue weighted by molar-refractivity contribution is 1.46. The van der Waals surface area contributed by atoms with Crippen LogP contribution >= 0.6 is 0 Å². The predicted octanol–water partition coefficient (Wildman–Crippen LogP) is 15.2. The standard InChI is InChI=1S/C54H38/c1-31-9-17-35(18-10-31)39-25-26-40(36-19-11-32(2)12-20-36)50-44-28-30-46-52-45(29-27-43(49(39)50)51(44)52)53-47(37-21-13-33(3)14-22-37)41-7-5-6-8-42(41)48(54(46)53)38-23-15-34(4)16-24-38/h5-30H,1-4H3. The van der Waals surface area contributed by atoms with Gasteiger partial charge in [0.2, 0.25) is 0 Å². The maximum Gasteiger partial charge on any atom is -0.000740 e. The van der Waals surface area contributed by atoms with Crippen molar-refractivity contribution in [3.63, 3.8) is 0 Å². The molecule has 9 aromatic rings. The van der Waals surface area contributed by atoms with Gasteiger partial charge in [-0.1, -0.05) is 180 Å². The molecule has 0 heterocycles. The van der Waals surface area contributed by atoms with Crippen molar-refractivity contribution in [1.29, 1.82) is 0 Å². The SMILES string of the molecule is Cc1ccc(-c2ccc(-c3ccc(C)cc3)c3c2-c2ccc4c5c(ccc-3c25)-c2c-4c(-c3ccc(C)cc3)c3ccccc3c2-c2ccc(C)cc2)cc1. The number of aryl methyl sites for hydroxylation is 4. The molecule has 2 aliphatic carbocycles. The molecule has 2 aliphatic rings. The molecule has 0 radical (unpaired) electrons. The minimum atomic E-state index is 1.25. The Balaban J connectivity index is 1.28. The lowest BCUT2D eigenvalue weighted by Crippen LogP contribution is -1.94. The molecule has 0 atom stereocenters. The van der Waals surface area contributed by atoms with E-state index in [0.29, 0.717) is 0 Å². The largest absolute Gasteiger partial charge is 0.0616 e. The number of hydrogen-bond donors (Lipinski definition) is 0. The maximum absolute atomic E-state index is 2.44. The van der Waals surface area contributed by atoms with E-state index in [1.54, 1.807) is 0 Å². The van der Waals surface area contributed by atoms with Crippen molar-refractivity contribution in [1.82, 2.24) is 0 Å². The highest BCUT2D eigenvalue weighted by molar-refractivity contribution is 6.33. The van der Waals surface area contributed by atoms with Crippen LogP contribution < -0.4 is 0 Å². The average Bonchev–Trinajstić information content (AvgIpc) is 3.71. The van der Waals surface area contributed by atoms with Gasteiger partial charge < -0.3 is 0 Å². The first-order valence-electron chi connectivity index (χ1n) is 19.1. The molecular weight excluding hydrogens is 649 g/mol. The molecule has 0 spiro atoms. The van der Waals surface area contributed by atoms with Gasteiger partial charge in [0.15, 0.2) is 0 Å². The third-order valence-electron chi connectivity index (χ3n) is 12.1. The molecule has 0 saturated heterocycles. The van der Waals surface area contributed by atoms with Crippen LogP contribution in [0.4, 0.5) is 0 Å². The van der Waals surface area contributed by atoms with Gasteiger partial charge >= 0.3 is 0 Å². The van der Waals surface area contributed by atoms with Crippen molar-refractivity contribution in [2.24, 2.45) is 0 Å². The Bertz CT molecular complexity index is 2810. The number of rotatable bonds is 4. The molecule has 0 bridgehead atoms. The first-order valence-corrected chi connectivity index (χ1v) is 19.1. The highest BCUT2D eigenvalue weighted by atomic mass is 14.4. The Morgan fingerprint density at radius 1 is 0.222 bits per heavy atom. The van der Waals surface area contributed by atoms with E-state index in [1.807, 2.05) is 0 Å². The van der Waals surface area contributed by atoms with Crippen LogP contribution in [0.1, 0.15) is 22.3 Å². The van der Waals surface area contributed by atoms with Crippen molar-refractivity contribution in [3.8, 4) is 89.0 Å². The summed E-state index contributed by atoms with van der Waals surface area (Å²) in [6.07, 6.45) is 0. The molecule has 0 heteroatoms. The summed E-state index contributed by atoms with van der Waals surface area (Å²) in [5.41, 5.74) is 26.0. The van der Waals surface area contributed by atoms with E-state index >= 15 is 0 Å². The van der Waals surface area contributed by atoms with Crippen LogP contribution in [0.25, 0.3) is 111 Å². The minimum absolute atomic E-state index is 1.25. The molecule has 0 fully saturated rings. The molecule has 0 unspecified atom stereocenters. The summed E-state index contributed by atoms with van der Waals surface area (Å²) in [5, 5.41) is 5.33. The van der Waals surface area contributed by atoms with E-state index in [1.165, 1.54) is 133 Å². The first kappa shape index (κ1) is 31.1. The second kappa shape index (κ2) is 11.5. The fourth-order valence-corrected chi connectivity index (χ4v) is 9.46. The van der Waals surface area contributed by atoms with Crippen LogP contribution in [0.2, 0.25) is 0 Å². The number of benzene rings is 9. The van der Waals surface area contributed by atoms with Crippen molar-refractivity contribution >= 4 is 21.5 Å². The molecular formula is C54H38. The van der Waals surface area contributed by atoms with Crippen LogP contribution in [-0.2, 0) is 0 Å². The zero-order chi connectivity index (χ0) is 36.2. The number of fused-ring (bicyclic) bond motifs is 7. The Hall–Kier alpha value is -6.50. The fraction of sp³-hybridized carbons (Fsp3) is 0.0741. The molecule has 0 amide bonds. The third-order valence-corrected chi connectivity index (χ3v) is 12.1. The van der Waals surface area contributed by atoms with E-state index in [4.69, 9.17) is 0 Å². The summed E-state index contributed by atoms with van der Waals surface area (Å²) in [7, 11) is 0. The Morgan fingerprint density at radius 2 is 0.500 bits per heavy atom. The Morgan fingerprint density at radius 3 is 0.833 bits per heavy atom. The van der Waals surface area contributed by atoms with Crippen LogP contribution in [0.5, 0.6) is 0 Å². The van der Waals surface area contributed by atoms with E-state index in [-0.39, 0.29) is 0 Å². The third kappa shape index (κ3) is 4.38. The molecule has 0 aliphatic heterocycles. The summed E-state index contributed by atoms with van der Waals surface area (Å²) in [6.45, 7) is 8.69. The van der Waals surface area contributed by atoms with E-state index in [0.717, 1.165) is 0 Å². The van der Waals surface area contributed by atoms with Gasteiger partial charge in [-0.05, 0) is 138 Å². The van der Waals surface area contributed by atoms with Crippen LogP contribution in [0.15, 0.2) is 158 Å². The maximum atomic E-state index is 2.44. The number of hydrogen-bond acceptors (Lipinski definition) is 0. The van der Waals surface area contributed by atoms with Crippen molar-refractivity contribution in [3.05, 3.63) is 180 Å². The monoisotopic (exact) mass is 686 g/mol. The zero-order valence-electron chi connectivity index (χ0n) is 31.0. The molecule has 0 N–H and O–H groups in total. The second-order valence-electron chi connectivity index (χ2n) is 15.5. The topological polar surface area (TPSA) is 0 Å². The second-order valence-corrected chi connectivity index (χ2v) is 15.5. The smallest absolute Gasteiger partial charge is 0.000740 e. The van der Waals surface area contributed by atoms with Crippen molar-refractivity contribution in [2.45, 2.75) is 27.7 Å². The highest BCUT2D eigenvalue weighted by Crippen LogP contribution is 2.63. The van der Waals surface area contributed by atoms with Crippen LogP contribution in [0, 0.1) is 27.7 Å². The first-order chi connectivity index (χ1) is 26.4. The van der Waals surface area contributed by atoms with Crippen molar-refractivity contribution in [2.75, 3.05) is 0 Å². The molecule has 254 valence electrons.